The van der Waals surface area contributed by atoms with Crippen LogP contribution < -0.4 is 5.32 Å². The van der Waals surface area contributed by atoms with Crippen molar-refractivity contribution in [3.8, 4) is 0 Å². The Morgan fingerprint density at radius 3 is 1.67 bits per heavy atom. The van der Waals surface area contributed by atoms with Gasteiger partial charge in [0.15, 0.2) is 0 Å². The van der Waals surface area contributed by atoms with Crippen LogP contribution in [0.25, 0.3) is 0 Å². The molecular formula is C31H27BrCl2N2O3. The molecule has 7 rings (SSSR count). The van der Waals surface area contributed by atoms with Crippen molar-refractivity contribution >= 4 is 62.5 Å². The van der Waals surface area contributed by atoms with Crippen LogP contribution in [0.3, 0.4) is 0 Å². The van der Waals surface area contributed by atoms with Gasteiger partial charge in [0.2, 0.25) is 17.7 Å². The number of halogens is 3. The first-order chi connectivity index (χ1) is 18.5. The molecule has 3 atom stereocenters. The number of rotatable bonds is 4. The Morgan fingerprint density at radius 1 is 0.821 bits per heavy atom. The van der Waals surface area contributed by atoms with E-state index in [1.807, 2.05) is 88.4 Å². The molecule has 4 aliphatic rings. The highest BCUT2D eigenvalue weighted by Gasteiger charge is 2.73. The highest BCUT2D eigenvalue weighted by molar-refractivity contribution is 9.10. The van der Waals surface area contributed by atoms with E-state index in [-0.39, 0.29) is 5.92 Å². The number of carbonyl (C=O) groups excluding carboxylic acids is 3. The molecule has 1 N–H and O–H groups in total. The molecule has 0 saturated carbocycles. The van der Waals surface area contributed by atoms with Gasteiger partial charge in [0.25, 0.3) is 0 Å². The number of nitrogens with zero attached hydrogens (tertiary/aromatic N) is 1. The van der Waals surface area contributed by atoms with Crippen molar-refractivity contribution in [3.63, 3.8) is 0 Å². The second-order valence-corrected chi connectivity index (χ2v) is 13.1. The zero-order chi connectivity index (χ0) is 28.0. The Bertz CT molecular complexity index is 1460. The molecule has 1 fully saturated rings. The first kappa shape index (κ1) is 26.5. The molecule has 39 heavy (non-hydrogen) atoms. The van der Waals surface area contributed by atoms with Crippen LogP contribution in [0.15, 0.2) is 65.1 Å². The van der Waals surface area contributed by atoms with Crippen LogP contribution >= 0.6 is 39.1 Å². The SMILES string of the molecule is Cc1c(Br)ccc(NC(=O)[C@H](C(C)C)N2C(=O)[C@@H]3[C@@H](C2=O)C2(Cl)c4ccccc4C3(Cl)c3ccccc32)c1C. The molecule has 0 aromatic heterocycles. The molecule has 3 amide bonds. The van der Waals surface area contributed by atoms with Gasteiger partial charge >= 0.3 is 0 Å². The minimum Gasteiger partial charge on any atom is -0.324 e. The van der Waals surface area contributed by atoms with Gasteiger partial charge in [0, 0.05) is 10.2 Å². The summed E-state index contributed by atoms with van der Waals surface area (Å²) in [5.41, 5.74) is 5.45. The maximum Gasteiger partial charge on any atom is 0.247 e. The third-order valence-electron chi connectivity index (χ3n) is 8.78. The summed E-state index contributed by atoms with van der Waals surface area (Å²) < 4.78 is 0.932. The number of carbonyl (C=O) groups is 3. The fourth-order valence-electron chi connectivity index (χ4n) is 6.81. The summed E-state index contributed by atoms with van der Waals surface area (Å²) in [5, 5.41) is 2.98. The van der Waals surface area contributed by atoms with E-state index >= 15 is 0 Å². The van der Waals surface area contributed by atoms with E-state index in [0.717, 1.165) is 42.8 Å². The second-order valence-electron chi connectivity index (χ2n) is 11.0. The lowest BCUT2D eigenvalue weighted by molar-refractivity contribution is -0.148. The zero-order valence-electron chi connectivity index (χ0n) is 21.9. The normalized spacial score (nSPS) is 27.3. The molecule has 8 heteroatoms. The first-order valence-electron chi connectivity index (χ1n) is 13.0. The number of imide groups is 1. The fourth-order valence-corrected chi connectivity index (χ4v) is 8.34. The van der Waals surface area contributed by atoms with E-state index in [2.05, 4.69) is 21.2 Å². The third kappa shape index (κ3) is 3.34. The highest BCUT2D eigenvalue weighted by atomic mass is 79.9. The molecule has 1 saturated heterocycles. The third-order valence-corrected chi connectivity index (χ3v) is 10.9. The van der Waals surface area contributed by atoms with E-state index in [1.54, 1.807) is 0 Å². The molecular weight excluding hydrogens is 599 g/mol. The molecule has 3 aliphatic carbocycles. The Labute approximate surface area is 246 Å². The van der Waals surface area contributed by atoms with Crippen molar-refractivity contribution in [2.75, 3.05) is 5.32 Å². The molecule has 2 bridgehead atoms. The van der Waals surface area contributed by atoms with Gasteiger partial charge in [0.1, 0.15) is 15.8 Å². The van der Waals surface area contributed by atoms with Gasteiger partial charge in [-0.15, -0.1) is 23.2 Å². The molecule has 3 aromatic rings. The number of hydrogen-bond acceptors (Lipinski definition) is 3. The Balaban J connectivity index is 1.47. The number of nitrogens with one attached hydrogen (secondary N) is 1. The van der Waals surface area contributed by atoms with Gasteiger partial charge in [0.05, 0.1) is 11.8 Å². The van der Waals surface area contributed by atoms with E-state index in [0.29, 0.717) is 5.69 Å². The zero-order valence-corrected chi connectivity index (χ0v) is 25.0. The second kappa shape index (κ2) is 8.92. The maximum atomic E-state index is 14.4. The first-order valence-corrected chi connectivity index (χ1v) is 14.5. The topological polar surface area (TPSA) is 66.5 Å². The number of hydrogen-bond donors (Lipinski definition) is 1. The number of benzene rings is 3. The van der Waals surface area contributed by atoms with Crippen LogP contribution in [0, 0.1) is 31.6 Å². The lowest BCUT2D eigenvalue weighted by Gasteiger charge is -2.54. The molecule has 3 aromatic carbocycles. The van der Waals surface area contributed by atoms with Gasteiger partial charge in [-0.2, -0.15) is 0 Å². The predicted octanol–water partition coefficient (Wildman–Crippen LogP) is 6.62. The van der Waals surface area contributed by atoms with E-state index in [1.165, 1.54) is 0 Å². The number of likely N-dealkylation sites (tertiary alicyclic amines) is 1. The van der Waals surface area contributed by atoms with Crippen LogP contribution in [0.4, 0.5) is 5.69 Å². The van der Waals surface area contributed by atoms with E-state index in [4.69, 9.17) is 23.2 Å². The summed E-state index contributed by atoms with van der Waals surface area (Å²) in [6, 6.07) is 17.7. The van der Waals surface area contributed by atoms with E-state index in [9.17, 15) is 14.4 Å². The maximum absolute atomic E-state index is 14.4. The van der Waals surface area contributed by atoms with Crippen LogP contribution in [0.5, 0.6) is 0 Å². The molecule has 1 aliphatic heterocycles. The van der Waals surface area contributed by atoms with Gasteiger partial charge in [-0.1, -0.05) is 78.3 Å². The Hall–Kier alpha value is -2.67. The van der Waals surface area contributed by atoms with Gasteiger partial charge in [-0.05, 0) is 65.3 Å². The van der Waals surface area contributed by atoms with Gasteiger partial charge in [-0.3, -0.25) is 19.3 Å². The Morgan fingerprint density at radius 2 is 1.26 bits per heavy atom. The Kier molecular flexibility index (Phi) is 6.07. The molecule has 1 heterocycles. The summed E-state index contributed by atoms with van der Waals surface area (Å²) in [7, 11) is 0. The van der Waals surface area contributed by atoms with Crippen molar-refractivity contribution in [2.45, 2.75) is 43.5 Å². The lowest BCUT2D eigenvalue weighted by Crippen LogP contribution is -2.57. The summed E-state index contributed by atoms with van der Waals surface area (Å²) >= 11 is 18.6. The average Bonchev–Trinajstić information content (AvgIpc) is 3.18. The van der Waals surface area contributed by atoms with Crippen LogP contribution in [-0.2, 0) is 24.1 Å². The standard InChI is InChI=1S/C31H27BrCl2N2O3/c1-15(2)26(27(37)35-23-14-13-22(32)16(3)17(23)4)36-28(38)24-25(29(36)39)31(34)19-10-6-5-9-18(19)30(24,33)20-11-7-8-12-21(20)31/h5-15,24-26H,1-4H3,(H,35,37)/t24-,25-,26-,30?,31?/m0/s1. The fraction of sp³-hybridized carbons (Fsp3) is 0.323. The average molecular weight is 626 g/mol. The molecule has 0 spiro atoms. The van der Waals surface area contributed by atoms with Crippen molar-refractivity contribution in [1.82, 2.24) is 4.90 Å². The van der Waals surface area contributed by atoms with Crippen molar-refractivity contribution < 1.29 is 14.4 Å². The summed E-state index contributed by atoms with van der Waals surface area (Å²) in [4.78, 5) is 41.1. The van der Waals surface area contributed by atoms with Crippen LogP contribution in [0.1, 0.15) is 47.2 Å². The van der Waals surface area contributed by atoms with E-state index < -0.39 is 45.3 Å². The van der Waals surface area contributed by atoms with Crippen molar-refractivity contribution in [3.05, 3.63) is 98.5 Å². The highest BCUT2D eigenvalue weighted by Crippen LogP contribution is 2.69. The number of alkyl halides is 2. The number of amides is 3. The van der Waals surface area contributed by atoms with Gasteiger partial charge in [-0.25, -0.2) is 0 Å². The summed E-state index contributed by atoms with van der Waals surface area (Å²) in [6.07, 6.45) is 0. The quantitative estimate of drug-likeness (QED) is 0.262. The number of anilines is 1. The van der Waals surface area contributed by atoms with Crippen molar-refractivity contribution in [2.24, 2.45) is 17.8 Å². The van der Waals surface area contributed by atoms with Gasteiger partial charge < -0.3 is 5.32 Å². The minimum atomic E-state index is -1.28. The summed E-state index contributed by atoms with van der Waals surface area (Å²) in [6.45, 7) is 7.54. The lowest BCUT2D eigenvalue weighted by atomic mass is 9.54. The molecule has 0 unspecified atom stereocenters. The van der Waals surface area contributed by atoms with Crippen LogP contribution in [-0.4, -0.2) is 28.7 Å². The molecule has 5 nitrogen and oxygen atoms in total. The molecule has 200 valence electrons. The van der Waals surface area contributed by atoms with Crippen molar-refractivity contribution in [1.29, 1.82) is 0 Å². The largest absolute Gasteiger partial charge is 0.324 e. The van der Waals surface area contributed by atoms with Crippen LogP contribution in [0.2, 0.25) is 0 Å². The predicted molar refractivity (Wildman–Crippen MR) is 156 cm³/mol. The smallest absolute Gasteiger partial charge is 0.247 e. The molecule has 0 radical (unpaired) electrons. The monoisotopic (exact) mass is 624 g/mol. The summed E-state index contributed by atoms with van der Waals surface area (Å²) in [5.74, 6) is -3.60. The minimum absolute atomic E-state index is 0.352.